The number of nitrogens with one attached hydrogen (secondary N) is 2. The van der Waals surface area contributed by atoms with E-state index in [1.807, 2.05) is 13.8 Å². The molecule has 1 amide bonds. The first-order valence-electron chi connectivity index (χ1n) is 5.49. The normalized spacial score (nSPS) is 10.4. The minimum absolute atomic E-state index is 0.0855. The molecular weight excluding hydrogens is 220 g/mol. The molecule has 0 saturated heterocycles. The lowest BCUT2D eigenvalue weighted by Gasteiger charge is -2.09. The van der Waals surface area contributed by atoms with E-state index in [9.17, 15) is 4.79 Å². The smallest absolute Gasteiger partial charge is 0.270 e. The molecule has 17 heavy (non-hydrogen) atoms. The molecule has 0 spiro atoms. The fourth-order valence-electron chi connectivity index (χ4n) is 1.20. The van der Waals surface area contributed by atoms with Crippen LogP contribution in [0.15, 0.2) is 12.4 Å². The van der Waals surface area contributed by atoms with Crippen LogP contribution < -0.4 is 10.6 Å². The molecule has 0 aromatic carbocycles. The number of hydrogen-bond donors (Lipinski definition) is 2. The second-order valence-electron chi connectivity index (χ2n) is 3.84. The Bertz CT molecular complexity index is 368. The van der Waals surface area contributed by atoms with Gasteiger partial charge in [-0.3, -0.25) is 4.79 Å². The third kappa shape index (κ3) is 4.78. The van der Waals surface area contributed by atoms with Crippen LogP contribution in [-0.2, 0) is 4.74 Å². The summed E-state index contributed by atoms with van der Waals surface area (Å²) in [4.78, 5) is 19.6. The summed E-state index contributed by atoms with van der Waals surface area (Å²) in [6.45, 7) is 5.02. The van der Waals surface area contributed by atoms with E-state index >= 15 is 0 Å². The van der Waals surface area contributed by atoms with E-state index < -0.39 is 0 Å². The van der Waals surface area contributed by atoms with Crippen LogP contribution in [0.3, 0.4) is 0 Å². The van der Waals surface area contributed by atoms with Gasteiger partial charge in [-0.15, -0.1) is 0 Å². The molecule has 1 aromatic rings. The van der Waals surface area contributed by atoms with E-state index in [0.717, 1.165) is 0 Å². The van der Waals surface area contributed by atoms with Crippen molar-refractivity contribution in [3.05, 3.63) is 18.1 Å². The maximum absolute atomic E-state index is 11.7. The number of ether oxygens (including phenoxy) is 1. The van der Waals surface area contributed by atoms with Crippen LogP contribution in [0.4, 0.5) is 5.82 Å². The molecule has 1 aromatic heterocycles. The molecule has 0 aliphatic carbocycles. The van der Waals surface area contributed by atoms with E-state index in [2.05, 4.69) is 20.6 Å². The molecule has 94 valence electrons. The zero-order valence-electron chi connectivity index (χ0n) is 10.4. The monoisotopic (exact) mass is 238 g/mol. The fourth-order valence-corrected chi connectivity index (χ4v) is 1.20. The zero-order valence-corrected chi connectivity index (χ0v) is 10.4. The number of nitrogens with zero attached hydrogens (tertiary/aromatic N) is 2. The average molecular weight is 238 g/mol. The molecule has 0 unspecified atom stereocenters. The number of anilines is 1. The summed E-state index contributed by atoms with van der Waals surface area (Å²) < 4.78 is 4.91. The van der Waals surface area contributed by atoms with Gasteiger partial charge in [0.2, 0.25) is 0 Å². The van der Waals surface area contributed by atoms with E-state index in [0.29, 0.717) is 24.7 Å². The van der Waals surface area contributed by atoms with Crippen LogP contribution in [-0.4, -0.2) is 42.2 Å². The molecule has 1 heterocycles. The third-order valence-corrected chi connectivity index (χ3v) is 1.93. The Labute approximate surface area is 101 Å². The molecule has 0 bridgehead atoms. The van der Waals surface area contributed by atoms with Gasteiger partial charge >= 0.3 is 0 Å². The van der Waals surface area contributed by atoms with Crippen molar-refractivity contribution in [1.82, 2.24) is 15.3 Å². The Morgan fingerprint density at radius 1 is 1.47 bits per heavy atom. The van der Waals surface area contributed by atoms with Crippen LogP contribution in [0.25, 0.3) is 0 Å². The number of amides is 1. The second kappa shape index (κ2) is 6.80. The summed E-state index contributed by atoms with van der Waals surface area (Å²) in [5.74, 6) is 0.420. The van der Waals surface area contributed by atoms with E-state index in [1.165, 1.54) is 6.33 Å². The van der Waals surface area contributed by atoms with Gasteiger partial charge in [0.05, 0.1) is 6.61 Å². The molecule has 0 atom stereocenters. The summed E-state index contributed by atoms with van der Waals surface area (Å²) in [6, 6.07) is 1.70. The van der Waals surface area contributed by atoms with Crippen molar-refractivity contribution >= 4 is 11.7 Å². The van der Waals surface area contributed by atoms with Crippen LogP contribution in [0.1, 0.15) is 24.3 Å². The Hall–Kier alpha value is -1.69. The minimum atomic E-state index is -0.197. The quantitative estimate of drug-likeness (QED) is 0.712. The molecule has 6 nitrogen and oxygen atoms in total. The molecular formula is C11H18N4O2. The van der Waals surface area contributed by atoms with Crippen molar-refractivity contribution in [2.45, 2.75) is 19.9 Å². The highest BCUT2D eigenvalue weighted by molar-refractivity contribution is 5.92. The lowest BCUT2D eigenvalue weighted by molar-refractivity contribution is 0.0938. The first-order chi connectivity index (χ1) is 8.13. The molecule has 6 heteroatoms. The zero-order chi connectivity index (χ0) is 12.7. The maximum Gasteiger partial charge on any atom is 0.270 e. The largest absolute Gasteiger partial charge is 0.383 e. The van der Waals surface area contributed by atoms with Crippen molar-refractivity contribution in [2.24, 2.45) is 0 Å². The average Bonchev–Trinajstić information content (AvgIpc) is 2.29. The van der Waals surface area contributed by atoms with Crippen LogP contribution in [0.5, 0.6) is 0 Å². The highest BCUT2D eigenvalue weighted by Crippen LogP contribution is 2.03. The lowest BCUT2D eigenvalue weighted by atomic mass is 10.3. The van der Waals surface area contributed by atoms with Crippen molar-refractivity contribution in [2.75, 3.05) is 25.6 Å². The third-order valence-electron chi connectivity index (χ3n) is 1.93. The summed E-state index contributed by atoms with van der Waals surface area (Å²) in [5.41, 5.74) is 0.355. The topological polar surface area (TPSA) is 76.1 Å². The Kier molecular flexibility index (Phi) is 5.35. The maximum atomic E-state index is 11.7. The van der Waals surface area contributed by atoms with Crippen LogP contribution in [0.2, 0.25) is 0 Å². The van der Waals surface area contributed by atoms with Crippen molar-refractivity contribution in [3.8, 4) is 0 Å². The highest BCUT2D eigenvalue weighted by atomic mass is 16.5. The predicted octanol–water partition coefficient (Wildman–Crippen LogP) is 0.673. The van der Waals surface area contributed by atoms with Crippen LogP contribution >= 0.6 is 0 Å². The molecule has 1 rings (SSSR count). The van der Waals surface area contributed by atoms with Crippen molar-refractivity contribution in [3.63, 3.8) is 0 Å². The van der Waals surface area contributed by atoms with Gasteiger partial charge in [-0.25, -0.2) is 9.97 Å². The number of carbonyl (C=O) groups is 1. The van der Waals surface area contributed by atoms with Gasteiger partial charge in [0.25, 0.3) is 5.91 Å². The molecule has 2 N–H and O–H groups in total. The standard InChI is InChI=1S/C11H18N4O2/c1-8(2)15-11(16)9-6-10(14-7-13-9)12-4-5-17-3/h6-8H,4-5H2,1-3H3,(H,15,16)(H,12,13,14). The summed E-state index contributed by atoms with van der Waals surface area (Å²) in [6.07, 6.45) is 1.37. The van der Waals surface area contributed by atoms with Gasteiger partial charge in [-0.05, 0) is 13.8 Å². The van der Waals surface area contributed by atoms with Crippen molar-refractivity contribution < 1.29 is 9.53 Å². The number of carbonyl (C=O) groups excluding carboxylic acids is 1. The molecule has 0 aliphatic heterocycles. The molecule has 0 aliphatic rings. The number of rotatable bonds is 6. The molecule has 0 saturated carbocycles. The van der Waals surface area contributed by atoms with E-state index in [1.54, 1.807) is 13.2 Å². The van der Waals surface area contributed by atoms with Gasteiger partial charge in [-0.1, -0.05) is 0 Å². The SMILES string of the molecule is COCCNc1cc(C(=O)NC(C)C)ncn1. The predicted molar refractivity (Wildman–Crippen MR) is 65.0 cm³/mol. The first kappa shape index (κ1) is 13.4. The summed E-state index contributed by atoms with van der Waals surface area (Å²) in [5, 5.41) is 5.81. The Balaban J connectivity index is 2.61. The summed E-state index contributed by atoms with van der Waals surface area (Å²) in [7, 11) is 1.63. The van der Waals surface area contributed by atoms with Gasteiger partial charge in [0, 0.05) is 25.8 Å². The van der Waals surface area contributed by atoms with E-state index in [-0.39, 0.29) is 11.9 Å². The minimum Gasteiger partial charge on any atom is -0.383 e. The highest BCUT2D eigenvalue weighted by Gasteiger charge is 2.09. The first-order valence-corrected chi connectivity index (χ1v) is 5.49. The Morgan fingerprint density at radius 3 is 2.88 bits per heavy atom. The lowest BCUT2D eigenvalue weighted by Crippen LogP contribution is -2.30. The second-order valence-corrected chi connectivity index (χ2v) is 3.84. The number of aromatic nitrogens is 2. The Morgan fingerprint density at radius 2 is 2.24 bits per heavy atom. The van der Waals surface area contributed by atoms with Gasteiger partial charge in [0.1, 0.15) is 17.8 Å². The molecule has 0 fully saturated rings. The number of hydrogen-bond acceptors (Lipinski definition) is 5. The number of methoxy groups -OCH3 is 1. The van der Waals surface area contributed by atoms with Crippen molar-refractivity contribution in [1.29, 1.82) is 0 Å². The van der Waals surface area contributed by atoms with Gasteiger partial charge in [-0.2, -0.15) is 0 Å². The van der Waals surface area contributed by atoms with Gasteiger partial charge < -0.3 is 15.4 Å². The van der Waals surface area contributed by atoms with Gasteiger partial charge in [0.15, 0.2) is 0 Å². The fraction of sp³-hybridized carbons (Fsp3) is 0.545. The summed E-state index contributed by atoms with van der Waals surface area (Å²) >= 11 is 0. The van der Waals surface area contributed by atoms with Crippen LogP contribution in [0, 0.1) is 0 Å². The van der Waals surface area contributed by atoms with E-state index in [4.69, 9.17) is 4.74 Å². The molecule has 0 radical (unpaired) electrons.